The Balaban J connectivity index is 2.19. The standard InChI is InChI=1S/C12H18BrNO3S2/c1-9-7-10(18-11(9)13)19(16,17)14(2)8-12(15)5-3-4-6-12/h7,15H,3-6,8H2,1-2H3. The van der Waals surface area contributed by atoms with Crippen molar-refractivity contribution in [1.82, 2.24) is 4.31 Å². The molecule has 0 aliphatic heterocycles. The summed E-state index contributed by atoms with van der Waals surface area (Å²) >= 11 is 4.55. The van der Waals surface area contributed by atoms with E-state index in [-0.39, 0.29) is 6.54 Å². The Bertz CT molecular complexity index is 542. The maximum atomic E-state index is 12.4. The minimum atomic E-state index is -3.50. The molecule has 0 bridgehead atoms. The fraction of sp³-hybridized carbons (Fsp3) is 0.667. The third-order valence-corrected chi connectivity index (χ3v) is 7.94. The topological polar surface area (TPSA) is 57.6 Å². The molecular formula is C12H18BrNO3S2. The van der Waals surface area contributed by atoms with Gasteiger partial charge in [-0.3, -0.25) is 0 Å². The van der Waals surface area contributed by atoms with Crippen molar-refractivity contribution in [3.63, 3.8) is 0 Å². The number of hydrogen-bond acceptors (Lipinski definition) is 4. The zero-order chi connectivity index (χ0) is 14.3. The lowest BCUT2D eigenvalue weighted by molar-refractivity contribution is 0.0334. The molecule has 0 amide bonds. The highest BCUT2D eigenvalue weighted by molar-refractivity contribution is 9.11. The van der Waals surface area contributed by atoms with E-state index in [1.165, 1.54) is 22.7 Å². The number of hydrogen-bond donors (Lipinski definition) is 1. The van der Waals surface area contributed by atoms with Crippen molar-refractivity contribution in [1.29, 1.82) is 0 Å². The molecule has 0 atom stereocenters. The molecule has 4 nitrogen and oxygen atoms in total. The van der Waals surface area contributed by atoms with E-state index in [4.69, 9.17) is 0 Å². The smallest absolute Gasteiger partial charge is 0.252 e. The van der Waals surface area contributed by atoms with Gasteiger partial charge < -0.3 is 5.11 Å². The monoisotopic (exact) mass is 367 g/mol. The third-order valence-electron chi connectivity index (χ3n) is 3.55. The van der Waals surface area contributed by atoms with Crippen molar-refractivity contribution in [2.45, 2.75) is 42.4 Å². The number of sulfonamides is 1. The first-order valence-corrected chi connectivity index (χ1v) is 9.24. The molecule has 2 rings (SSSR count). The Morgan fingerprint density at radius 3 is 2.53 bits per heavy atom. The summed E-state index contributed by atoms with van der Waals surface area (Å²) in [6.07, 6.45) is 3.29. The van der Waals surface area contributed by atoms with E-state index in [2.05, 4.69) is 15.9 Å². The van der Waals surface area contributed by atoms with E-state index in [1.807, 2.05) is 6.92 Å². The minimum absolute atomic E-state index is 0.171. The summed E-state index contributed by atoms with van der Waals surface area (Å²) in [7, 11) is -1.97. The summed E-state index contributed by atoms with van der Waals surface area (Å²) in [5.41, 5.74) is 0.0577. The first-order chi connectivity index (χ1) is 8.74. The van der Waals surface area contributed by atoms with Crippen LogP contribution in [0.5, 0.6) is 0 Å². The molecular weight excluding hydrogens is 350 g/mol. The highest BCUT2D eigenvalue weighted by Gasteiger charge is 2.36. The van der Waals surface area contributed by atoms with Gasteiger partial charge in [0, 0.05) is 13.6 Å². The molecule has 1 heterocycles. The van der Waals surface area contributed by atoms with Crippen molar-refractivity contribution in [2.75, 3.05) is 13.6 Å². The maximum absolute atomic E-state index is 12.4. The quantitative estimate of drug-likeness (QED) is 0.889. The lowest BCUT2D eigenvalue weighted by Crippen LogP contribution is -2.41. The van der Waals surface area contributed by atoms with Crippen molar-refractivity contribution < 1.29 is 13.5 Å². The number of halogens is 1. The van der Waals surface area contributed by atoms with E-state index in [0.717, 1.165) is 22.2 Å². The highest BCUT2D eigenvalue weighted by atomic mass is 79.9. The van der Waals surface area contributed by atoms with Crippen LogP contribution in [0.4, 0.5) is 0 Å². The number of rotatable bonds is 4. The molecule has 0 radical (unpaired) electrons. The number of thiophene rings is 1. The second-order valence-electron chi connectivity index (χ2n) is 5.21. The van der Waals surface area contributed by atoms with Crippen LogP contribution in [-0.2, 0) is 10.0 Å². The predicted molar refractivity (Wildman–Crippen MR) is 80.0 cm³/mol. The molecule has 0 spiro atoms. The van der Waals surface area contributed by atoms with Crippen LogP contribution in [0, 0.1) is 6.92 Å². The molecule has 0 saturated heterocycles. The molecule has 1 aliphatic carbocycles. The molecule has 1 saturated carbocycles. The van der Waals surface area contributed by atoms with Crippen LogP contribution in [-0.4, -0.2) is 37.0 Å². The molecule has 7 heteroatoms. The van der Waals surface area contributed by atoms with Gasteiger partial charge in [0.2, 0.25) is 0 Å². The van der Waals surface area contributed by atoms with Gasteiger partial charge in [-0.2, -0.15) is 4.31 Å². The Kier molecular flexibility index (Phi) is 4.42. The Morgan fingerprint density at radius 1 is 1.47 bits per heavy atom. The summed E-state index contributed by atoms with van der Waals surface area (Å²) in [6.45, 7) is 2.04. The summed E-state index contributed by atoms with van der Waals surface area (Å²) < 4.78 is 27.3. The molecule has 1 aromatic heterocycles. The van der Waals surface area contributed by atoms with Crippen LogP contribution in [0.2, 0.25) is 0 Å². The Hall–Kier alpha value is 0.0500. The van der Waals surface area contributed by atoms with Gasteiger partial charge in [0.25, 0.3) is 10.0 Å². The molecule has 1 N–H and O–H groups in total. The number of aryl methyl sites for hydroxylation is 1. The summed E-state index contributed by atoms with van der Waals surface area (Å²) in [4.78, 5) is 0. The van der Waals surface area contributed by atoms with Gasteiger partial charge in [-0.05, 0) is 47.3 Å². The first kappa shape index (κ1) is 15.4. The van der Waals surface area contributed by atoms with E-state index in [1.54, 1.807) is 6.07 Å². The Morgan fingerprint density at radius 2 is 2.05 bits per heavy atom. The average molecular weight is 368 g/mol. The van der Waals surface area contributed by atoms with Gasteiger partial charge in [-0.15, -0.1) is 11.3 Å². The lowest BCUT2D eigenvalue weighted by atomic mass is 10.0. The molecule has 1 aliphatic rings. The highest BCUT2D eigenvalue weighted by Crippen LogP contribution is 2.34. The van der Waals surface area contributed by atoms with E-state index < -0.39 is 15.6 Å². The second kappa shape index (κ2) is 5.44. The summed E-state index contributed by atoms with van der Waals surface area (Å²) in [5, 5.41) is 10.3. The SMILES string of the molecule is Cc1cc(S(=O)(=O)N(C)CC2(O)CCCC2)sc1Br. The number of likely N-dealkylation sites (N-methyl/N-ethyl adjacent to an activating group) is 1. The van der Waals surface area contributed by atoms with E-state index in [0.29, 0.717) is 17.1 Å². The van der Waals surface area contributed by atoms with E-state index >= 15 is 0 Å². The van der Waals surface area contributed by atoms with Crippen molar-refractivity contribution in [2.24, 2.45) is 0 Å². The normalized spacial score (nSPS) is 19.2. The minimum Gasteiger partial charge on any atom is -0.389 e. The van der Waals surface area contributed by atoms with E-state index in [9.17, 15) is 13.5 Å². The second-order valence-corrected chi connectivity index (χ2v) is 9.86. The number of nitrogens with zero attached hydrogens (tertiary/aromatic N) is 1. The van der Waals surface area contributed by atoms with Crippen molar-refractivity contribution in [3.05, 3.63) is 15.4 Å². The number of aliphatic hydroxyl groups is 1. The molecule has 108 valence electrons. The van der Waals surface area contributed by atoms with Gasteiger partial charge in [-0.25, -0.2) is 8.42 Å². The van der Waals surface area contributed by atoms with Crippen molar-refractivity contribution in [3.8, 4) is 0 Å². The molecule has 19 heavy (non-hydrogen) atoms. The van der Waals surface area contributed by atoms with Gasteiger partial charge >= 0.3 is 0 Å². The Labute approximate surface area is 126 Å². The van der Waals surface area contributed by atoms with Gasteiger partial charge in [-0.1, -0.05) is 12.8 Å². The molecule has 0 unspecified atom stereocenters. The summed E-state index contributed by atoms with van der Waals surface area (Å²) in [5.74, 6) is 0. The maximum Gasteiger partial charge on any atom is 0.252 e. The predicted octanol–water partition coefficient (Wildman–Crippen LogP) is 2.74. The van der Waals surface area contributed by atoms with Crippen LogP contribution in [0.15, 0.2) is 14.1 Å². The zero-order valence-electron chi connectivity index (χ0n) is 11.0. The largest absolute Gasteiger partial charge is 0.389 e. The van der Waals surface area contributed by atoms with Crippen molar-refractivity contribution >= 4 is 37.3 Å². The van der Waals surface area contributed by atoms with Crippen LogP contribution in [0.3, 0.4) is 0 Å². The fourth-order valence-electron chi connectivity index (χ4n) is 2.40. The summed E-state index contributed by atoms with van der Waals surface area (Å²) in [6, 6.07) is 1.67. The molecule has 0 aromatic carbocycles. The average Bonchev–Trinajstić information content (AvgIpc) is 2.87. The van der Waals surface area contributed by atoms with Crippen LogP contribution >= 0.6 is 27.3 Å². The van der Waals surface area contributed by atoms with Crippen LogP contribution < -0.4 is 0 Å². The third kappa shape index (κ3) is 3.21. The molecule has 1 fully saturated rings. The van der Waals surface area contributed by atoms with Gasteiger partial charge in [0.05, 0.1) is 9.39 Å². The zero-order valence-corrected chi connectivity index (χ0v) is 14.2. The first-order valence-electron chi connectivity index (χ1n) is 6.19. The van der Waals surface area contributed by atoms with Crippen LogP contribution in [0.1, 0.15) is 31.2 Å². The molecule has 1 aromatic rings. The lowest BCUT2D eigenvalue weighted by Gasteiger charge is -2.27. The van der Waals surface area contributed by atoms with Crippen LogP contribution in [0.25, 0.3) is 0 Å². The van der Waals surface area contributed by atoms with Gasteiger partial charge in [0.15, 0.2) is 0 Å². The van der Waals surface area contributed by atoms with Gasteiger partial charge in [0.1, 0.15) is 4.21 Å². The fourth-order valence-corrected chi connectivity index (χ4v) is 6.09.